The van der Waals surface area contributed by atoms with Crippen LogP contribution in [0.3, 0.4) is 0 Å². The van der Waals surface area contributed by atoms with Gasteiger partial charge in [0, 0.05) is 25.0 Å². The number of carboxylic acids is 1. The molecule has 5 heteroatoms. The van der Waals surface area contributed by atoms with E-state index in [1.165, 1.54) is 11.3 Å². The molecule has 1 aliphatic rings. The minimum Gasteiger partial charge on any atom is -0.489 e. The fourth-order valence-electron chi connectivity index (χ4n) is 2.11. The molecule has 0 amide bonds. The number of thiophene rings is 1. The molecule has 0 spiro atoms. The van der Waals surface area contributed by atoms with Crippen LogP contribution in [0.15, 0.2) is 11.4 Å². The second-order valence-corrected chi connectivity index (χ2v) is 5.13. The Morgan fingerprint density at radius 3 is 2.88 bits per heavy atom. The molecule has 1 N–H and O–H groups in total. The number of methoxy groups -OCH3 is 1. The zero-order valence-corrected chi connectivity index (χ0v) is 10.5. The molecule has 4 nitrogen and oxygen atoms in total. The fraction of sp³-hybridized carbons (Fsp3) is 0.583. The molecule has 0 saturated heterocycles. The zero-order chi connectivity index (χ0) is 12.3. The Morgan fingerprint density at radius 2 is 2.24 bits per heavy atom. The van der Waals surface area contributed by atoms with Gasteiger partial charge in [0.1, 0.15) is 16.7 Å². The highest BCUT2D eigenvalue weighted by Gasteiger charge is 2.23. The first kappa shape index (κ1) is 12.4. The second-order valence-electron chi connectivity index (χ2n) is 4.22. The maximum atomic E-state index is 10.7. The molecule has 0 radical (unpaired) electrons. The van der Waals surface area contributed by atoms with Crippen LogP contribution >= 0.6 is 11.3 Å². The van der Waals surface area contributed by atoms with Gasteiger partial charge >= 0.3 is 5.97 Å². The third-order valence-corrected chi connectivity index (χ3v) is 3.90. The molecule has 17 heavy (non-hydrogen) atoms. The van der Waals surface area contributed by atoms with Crippen molar-refractivity contribution < 1.29 is 19.4 Å². The van der Waals surface area contributed by atoms with Crippen LogP contribution in [-0.4, -0.2) is 30.4 Å². The van der Waals surface area contributed by atoms with E-state index >= 15 is 0 Å². The predicted octanol–water partition coefficient (Wildman–Crippen LogP) is 2.78. The van der Waals surface area contributed by atoms with Gasteiger partial charge in [0.2, 0.25) is 0 Å². The Bertz CT molecular complexity index is 388. The SMILES string of the molecule is COC1CCCC(Oc2csc(C(=O)O)c2)C1. The Morgan fingerprint density at radius 1 is 1.47 bits per heavy atom. The highest BCUT2D eigenvalue weighted by molar-refractivity contribution is 7.12. The zero-order valence-electron chi connectivity index (χ0n) is 9.72. The molecule has 1 fully saturated rings. The van der Waals surface area contributed by atoms with Gasteiger partial charge in [-0.2, -0.15) is 0 Å². The van der Waals surface area contributed by atoms with Crippen LogP contribution in [0.4, 0.5) is 0 Å². The molecule has 2 unspecified atom stereocenters. The van der Waals surface area contributed by atoms with Crippen LogP contribution < -0.4 is 4.74 Å². The van der Waals surface area contributed by atoms with Gasteiger partial charge in [-0.15, -0.1) is 11.3 Å². The molecular weight excluding hydrogens is 240 g/mol. The number of aromatic carboxylic acids is 1. The lowest BCUT2D eigenvalue weighted by Crippen LogP contribution is -2.29. The van der Waals surface area contributed by atoms with E-state index in [2.05, 4.69) is 0 Å². The van der Waals surface area contributed by atoms with Crippen molar-refractivity contribution in [3.8, 4) is 5.75 Å². The van der Waals surface area contributed by atoms with Crippen LogP contribution in [0.25, 0.3) is 0 Å². The summed E-state index contributed by atoms with van der Waals surface area (Å²) in [6.07, 6.45) is 4.49. The maximum absolute atomic E-state index is 10.7. The van der Waals surface area contributed by atoms with Crippen molar-refractivity contribution in [2.75, 3.05) is 7.11 Å². The molecule has 2 atom stereocenters. The van der Waals surface area contributed by atoms with Crippen LogP contribution in [0.5, 0.6) is 5.75 Å². The summed E-state index contributed by atoms with van der Waals surface area (Å²) in [6.45, 7) is 0. The lowest BCUT2D eigenvalue weighted by molar-refractivity contribution is 0.0210. The Kier molecular flexibility index (Phi) is 4.02. The second kappa shape index (κ2) is 5.51. The quantitative estimate of drug-likeness (QED) is 0.900. The summed E-state index contributed by atoms with van der Waals surface area (Å²) in [7, 11) is 1.72. The average Bonchev–Trinajstić information content (AvgIpc) is 2.78. The molecule has 1 heterocycles. The van der Waals surface area contributed by atoms with Gasteiger partial charge in [0.25, 0.3) is 0 Å². The smallest absolute Gasteiger partial charge is 0.346 e. The average molecular weight is 256 g/mol. The van der Waals surface area contributed by atoms with Crippen molar-refractivity contribution >= 4 is 17.3 Å². The summed E-state index contributed by atoms with van der Waals surface area (Å²) in [5.41, 5.74) is 0. The summed E-state index contributed by atoms with van der Waals surface area (Å²) in [4.78, 5) is 11.1. The van der Waals surface area contributed by atoms with Crippen molar-refractivity contribution in [2.24, 2.45) is 0 Å². The lowest BCUT2D eigenvalue weighted by Gasteiger charge is -2.28. The molecule has 1 aromatic rings. The fourth-order valence-corrected chi connectivity index (χ4v) is 2.76. The molecule has 0 aliphatic heterocycles. The van der Waals surface area contributed by atoms with E-state index in [9.17, 15) is 4.79 Å². The number of hydrogen-bond donors (Lipinski definition) is 1. The van der Waals surface area contributed by atoms with Gasteiger partial charge < -0.3 is 14.6 Å². The number of hydrogen-bond acceptors (Lipinski definition) is 4. The first-order chi connectivity index (χ1) is 8.19. The van der Waals surface area contributed by atoms with Gasteiger partial charge in [-0.05, 0) is 19.3 Å². The van der Waals surface area contributed by atoms with Crippen molar-refractivity contribution in [3.63, 3.8) is 0 Å². The summed E-state index contributed by atoms with van der Waals surface area (Å²) in [5, 5.41) is 10.6. The van der Waals surface area contributed by atoms with E-state index in [0.29, 0.717) is 10.6 Å². The summed E-state index contributed by atoms with van der Waals surface area (Å²) < 4.78 is 11.1. The molecule has 0 bridgehead atoms. The number of ether oxygens (including phenoxy) is 2. The highest BCUT2D eigenvalue weighted by atomic mass is 32.1. The predicted molar refractivity (Wildman–Crippen MR) is 65.0 cm³/mol. The summed E-state index contributed by atoms with van der Waals surface area (Å²) >= 11 is 1.20. The Balaban J connectivity index is 1.93. The normalized spacial score (nSPS) is 24.5. The van der Waals surface area contributed by atoms with Crippen molar-refractivity contribution in [2.45, 2.75) is 37.9 Å². The Hall–Kier alpha value is -1.07. The van der Waals surface area contributed by atoms with Crippen LogP contribution in [0, 0.1) is 0 Å². The van der Waals surface area contributed by atoms with Crippen molar-refractivity contribution in [1.82, 2.24) is 0 Å². The van der Waals surface area contributed by atoms with E-state index in [-0.39, 0.29) is 12.2 Å². The van der Waals surface area contributed by atoms with Crippen molar-refractivity contribution in [1.29, 1.82) is 0 Å². The monoisotopic (exact) mass is 256 g/mol. The third kappa shape index (κ3) is 3.20. The van der Waals surface area contributed by atoms with E-state index in [1.54, 1.807) is 18.6 Å². The molecule has 1 saturated carbocycles. The van der Waals surface area contributed by atoms with Crippen LogP contribution in [0.1, 0.15) is 35.4 Å². The van der Waals surface area contributed by atoms with E-state index < -0.39 is 5.97 Å². The lowest BCUT2D eigenvalue weighted by atomic mass is 9.95. The first-order valence-electron chi connectivity index (χ1n) is 5.70. The minimum atomic E-state index is -0.900. The van der Waals surface area contributed by atoms with Crippen LogP contribution in [0.2, 0.25) is 0 Å². The minimum absolute atomic E-state index is 0.143. The molecule has 94 valence electrons. The molecular formula is C12H16O4S. The van der Waals surface area contributed by atoms with Crippen molar-refractivity contribution in [3.05, 3.63) is 16.3 Å². The van der Waals surface area contributed by atoms with Gasteiger partial charge in [0.15, 0.2) is 0 Å². The molecule has 2 rings (SSSR count). The van der Waals surface area contributed by atoms with Gasteiger partial charge in [-0.3, -0.25) is 0 Å². The highest BCUT2D eigenvalue weighted by Crippen LogP contribution is 2.28. The Labute approximate surface area is 104 Å². The summed E-state index contributed by atoms with van der Waals surface area (Å²) in [5.74, 6) is -0.239. The maximum Gasteiger partial charge on any atom is 0.346 e. The standard InChI is InChI=1S/C12H16O4S/c1-15-8-3-2-4-9(5-8)16-10-6-11(12(13)14)17-7-10/h6-9H,2-5H2,1H3,(H,13,14). The van der Waals surface area contributed by atoms with Gasteiger partial charge in [0.05, 0.1) is 6.10 Å². The number of carbonyl (C=O) groups is 1. The number of carboxylic acid groups (broad SMARTS) is 1. The van der Waals surface area contributed by atoms with E-state index in [1.807, 2.05) is 0 Å². The number of rotatable bonds is 4. The first-order valence-corrected chi connectivity index (χ1v) is 6.58. The third-order valence-electron chi connectivity index (χ3n) is 3.00. The molecule has 1 aliphatic carbocycles. The van der Waals surface area contributed by atoms with E-state index in [4.69, 9.17) is 14.6 Å². The van der Waals surface area contributed by atoms with Gasteiger partial charge in [-0.25, -0.2) is 4.79 Å². The van der Waals surface area contributed by atoms with E-state index in [0.717, 1.165) is 25.7 Å². The van der Waals surface area contributed by atoms with Crippen LogP contribution in [-0.2, 0) is 4.74 Å². The summed E-state index contributed by atoms with van der Waals surface area (Å²) in [6, 6.07) is 1.59. The topological polar surface area (TPSA) is 55.8 Å². The van der Waals surface area contributed by atoms with Gasteiger partial charge in [-0.1, -0.05) is 0 Å². The molecule has 0 aromatic carbocycles. The largest absolute Gasteiger partial charge is 0.489 e. The molecule has 1 aromatic heterocycles.